The third-order valence-electron chi connectivity index (χ3n) is 3.69. The molecule has 0 bridgehead atoms. The Morgan fingerprint density at radius 2 is 1.77 bits per heavy atom. The summed E-state index contributed by atoms with van der Waals surface area (Å²) in [4.78, 5) is 27.4. The average Bonchev–Trinajstić information content (AvgIpc) is 2.55. The first-order valence-corrected chi connectivity index (χ1v) is 7.05. The highest BCUT2D eigenvalue weighted by Gasteiger charge is 2.12. The van der Waals surface area contributed by atoms with Gasteiger partial charge in [-0.3, -0.25) is 4.79 Å². The molecule has 0 saturated carbocycles. The van der Waals surface area contributed by atoms with Gasteiger partial charge in [-0.1, -0.05) is 12.1 Å². The standard InChI is InChI=1S/C16H16N2O4/c19-15-13(16(20)21)5-6-14(17-15)11-1-3-12(4-2-11)18-7-9-22-10-8-18/h1-6H,7-10H2,(H,17,19)(H,20,21). The first kappa shape index (κ1) is 14.3. The predicted octanol–water partition coefficient (Wildman–Crippen LogP) is 1.58. The summed E-state index contributed by atoms with van der Waals surface area (Å²) in [5.41, 5.74) is 1.70. The van der Waals surface area contributed by atoms with Crippen LogP contribution in [0.1, 0.15) is 10.4 Å². The SMILES string of the molecule is O=C(O)c1ccc(-c2ccc(N3CCOCC3)cc2)[nH]c1=O. The Kier molecular flexibility index (Phi) is 3.93. The van der Waals surface area contributed by atoms with E-state index in [4.69, 9.17) is 9.84 Å². The minimum Gasteiger partial charge on any atom is -0.477 e. The maximum atomic E-state index is 11.7. The number of pyridine rings is 1. The van der Waals surface area contributed by atoms with Crippen LogP contribution >= 0.6 is 0 Å². The van der Waals surface area contributed by atoms with Crippen molar-refractivity contribution >= 4 is 11.7 Å². The minimum absolute atomic E-state index is 0.256. The van der Waals surface area contributed by atoms with Crippen molar-refractivity contribution in [3.63, 3.8) is 0 Å². The van der Waals surface area contributed by atoms with Gasteiger partial charge >= 0.3 is 5.97 Å². The number of carboxylic acid groups (broad SMARTS) is 1. The van der Waals surface area contributed by atoms with Crippen molar-refractivity contribution in [3.05, 3.63) is 52.3 Å². The average molecular weight is 300 g/mol. The molecule has 1 aliphatic rings. The van der Waals surface area contributed by atoms with Gasteiger partial charge in [0.25, 0.3) is 5.56 Å². The van der Waals surface area contributed by atoms with E-state index < -0.39 is 11.5 Å². The first-order chi connectivity index (χ1) is 10.6. The molecule has 6 heteroatoms. The molecular formula is C16H16N2O4. The summed E-state index contributed by atoms with van der Waals surface area (Å²) in [6.45, 7) is 3.18. The van der Waals surface area contributed by atoms with Gasteiger partial charge in [-0.25, -0.2) is 4.79 Å². The van der Waals surface area contributed by atoms with Crippen molar-refractivity contribution in [1.29, 1.82) is 0 Å². The van der Waals surface area contributed by atoms with Crippen molar-refractivity contribution < 1.29 is 14.6 Å². The molecule has 1 aliphatic heterocycles. The number of aromatic amines is 1. The summed E-state index contributed by atoms with van der Waals surface area (Å²) in [7, 11) is 0. The van der Waals surface area contributed by atoms with Crippen LogP contribution in [-0.2, 0) is 4.74 Å². The number of anilines is 1. The lowest BCUT2D eigenvalue weighted by atomic mass is 10.1. The summed E-state index contributed by atoms with van der Waals surface area (Å²) in [5.74, 6) is -1.23. The Balaban J connectivity index is 1.85. The number of benzene rings is 1. The van der Waals surface area contributed by atoms with E-state index in [1.807, 2.05) is 24.3 Å². The second kappa shape index (κ2) is 6.03. The summed E-state index contributed by atoms with van der Waals surface area (Å²) >= 11 is 0. The fourth-order valence-electron chi connectivity index (χ4n) is 2.48. The zero-order chi connectivity index (χ0) is 15.5. The van der Waals surface area contributed by atoms with E-state index in [-0.39, 0.29) is 5.56 Å². The molecule has 2 N–H and O–H groups in total. The number of nitrogens with one attached hydrogen (secondary N) is 1. The lowest BCUT2D eigenvalue weighted by Crippen LogP contribution is -2.36. The molecule has 2 aromatic rings. The number of H-pyrrole nitrogens is 1. The van der Waals surface area contributed by atoms with Crippen molar-refractivity contribution in [2.24, 2.45) is 0 Å². The predicted molar refractivity (Wildman–Crippen MR) is 82.5 cm³/mol. The monoisotopic (exact) mass is 300 g/mol. The third kappa shape index (κ3) is 2.87. The molecular weight excluding hydrogens is 284 g/mol. The molecule has 0 unspecified atom stereocenters. The second-order valence-electron chi connectivity index (χ2n) is 5.07. The van der Waals surface area contributed by atoms with Gasteiger partial charge in [0.05, 0.1) is 13.2 Å². The van der Waals surface area contributed by atoms with E-state index >= 15 is 0 Å². The van der Waals surface area contributed by atoms with Gasteiger partial charge in [0, 0.05) is 24.5 Å². The molecule has 114 valence electrons. The lowest BCUT2D eigenvalue weighted by Gasteiger charge is -2.28. The Bertz CT molecular complexity index is 731. The maximum absolute atomic E-state index is 11.7. The number of morpholine rings is 1. The highest BCUT2D eigenvalue weighted by Crippen LogP contribution is 2.22. The molecule has 1 aromatic heterocycles. The number of hydrogen-bond acceptors (Lipinski definition) is 4. The summed E-state index contributed by atoms with van der Waals surface area (Å²) in [6, 6.07) is 10.7. The van der Waals surface area contributed by atoms with Gasteiger partial charge in [-0.15, -0.1) is 0 Å². The van der Waals surface area contributed by atoms with Crippen LogP contribution in [-0.4, -0.2) is 42.4 Å². The molecule has 1 saturated heterocycles. The molecule has 2 heterocycles. The number of nitrogens with zero attached hydrogens (tertiary/aromatic N) is 1. The first-order valence-electron chi connectivity index (χ1n) is 7.05. The van der Waals surface area contributed by atoms with E-state index in [1.54, 1.807) is 6.07 Å². The van der Waals surface area contributed by atoms with Crippen LogP contribution < -0.4 is 10.5 Å². The smallest absolute Gasteiger partial charge is 0.341 e. The number of rotatable bonds is 3. The summed E-state index contributed by atoms with van der Waals surface area (Å²) in [5, 5.41) is 8.87. The van der Waals surface area contributed by atoms with Crippen LogP contribution in [0.4, 0.5) is 5.69 Å². The lowest BCUT2D eigenvalue weighted by molar-refractivity contribution is 0.0695. The maximum Gasteiger partial charge on any atom is 0.341 e. The minimum atomic E-state index is -1.23. The number of ether oxygens (including phenoxy) is 1. The highest BCUT2D eigenvalue weighted by molar-refractivity contribution is 5.87. The van der Waals surface area contributed by atoms with Crippen LogP contribution in [0, 0.1) is 0 Å². The van der Waals surface area contributed by atoms with Crippen LogP contribution in [0.25, 0.3) is 11.3 Å². The molecule has 0 spiro atoms. The fourth-order valence-corrected chi connectivity index (χ4v) is 2.48. The van der Waals surface area contributed by atoms with Crippen molar-refractivity contribution in [2.45, 2.75) is 0 Å². The van der Waals surface area contributed by atoms with Crippen LogP contribution in [0.2, 0.25) is 0 Å². The Hall–Kier alpha value is -2.60. The van der Waals surface area contributed by atoms with Crippen molar-refractivity contribution in [1.82, 2.24) is 4.98 Å². The summed E-state index contributed by atoms with van der Waals surface area (Å²) < 4.78 is 5.33. The van der Waals surface area contributed by atoms with E-state index in [2.05, 4.69) is 9.88 Å². The zero-order valence-electron chi connectivity index (χ0n) is 11.9. The van der Waals surface area contributed by atoms with Crippen LogP contribution in [0.5, 0.6) is 0 Å². The van der Waals surface area contributed by atoms with Crippen molar-refractivity contribution in [3.8, 4) is 11.3 Å². The Labute approximate surface area is 127 Å². The molecule has 3 rings (SSSR count). The van der Waals surface area contributed by atoms with Crippen LogP contribution in [0.3, 0.4) is 0 Å². The van der Waals surface area contributed by atoms with Gasteiger partial charge in [-0.05, 0) is 29.8 Å². The van der Waals surface area contributed by atoms with E-state index in [0.717, 1.165) is 37.6 Å². The molecule has 0 atom stereocenters. The molecule has 22 heavy (non-hydrogen) atoms. The molecule has 6 nitrogen and oxygen atoms in total. The van der Waals surface area contributed by atoms with Crippen molar-refractivity contribution in [2.75, 3.05) is 31.2 Å². The van der Waals surface area contributed by atoms with Gasteiger partial charge in [0.2, 0.25) is 0 Å². The normalized spacial score (nSPS) is 14.8. The van der Waals surface area contributed by atoms with E-state index in [0.29, 0.717) is 5.69 Å². The topological polar surface area (TPSA) is 82.6 Å². The van der Waals surface area contributed by atoms with Gasteiger partial charge in [0.15, 0.2) is 0 Å². The van der Waals surface area contributed by atoms with Gasteiger partial charge < -0.3 is 19.7 Å². The Morgan fingerprint density at radius 1 is 1.09 bits per heavy atom. The number of carbonyl (C=O) groups is 1. The van der Waals surface area contributed by atoms with Gasteiger partial charge in [0.1, 0.15) is 5.56 Å². The molecule has 0 aliphatic carbocycles. The quantitative estimate of drug-likeness (QED) is 0.899. The van der Waals surface area contributed by atoms with E-state index in [1.165, 1.54) is 6.07 Å². The Morgan fingerprint density at radius 3 is 2.36 bits per heavy atom. The number of aromatic nitrogens is 1. The number of hydrogen-bond donors (Lipinski definition) is 2. The fraction of sp³-hybridized carbons (Fsp3) is 0.250. The molecule has 0 radical (unpaired) electrons. The zero-order valence-corrected chi connectivity index (χ0v) is 11.9. The molecule has 0 amide bonds. The number of carboxylic acids is 1. The molecule has 1 fully saturated rings. The second-order valence-corrected chi connectivity index (χ2v) is 5.07. The van der Waals surface area contributed by atoms with Gasteiger partial charge in [-0.2, -0.15) is 0 Å². The largest absolute Gasteiger partial charge is 0.477 e. The van der Waals surface area contributed by atoms with E-state index in [9.17, 15) is 9.59 Å². The molecule has 1 aromatic carbocycles. The number of aromatic carboxylic acids is 1. The third-order valence-corrected chi connectivity index (χ3v) is 3.69. The van der Waals surface area contributed by atoms with Crippen LogP contribution in [0.15, 0.2) is 41.2 Å². The summed E-state index contributed by atoms with van der Waals surface area (Å²) in [6.07, 6.45) is 0. The highest BCUT2D eigenvalue weighted by atomic mass is 16.5.